The lowest BCUT2D eigenvalue weighted by molar-refractivity contribution is 0.0680. The van der Waals surface area contributed by atoms with Gasteiger partial charge in [-0.15, -0.1) is 0 Å². The zero-order valence-corrected chi connectivity index (χ0v) is 14.9. The normalized spacial score (nSPS) is 16.1. The number of carbonyl (C=O) groups excluding carboxylic acids is 1. The third-order valence-electron chi connectivity index (χ3n) is 4.16. The second-order valence-electron chi connectivity index (χ2n) is 6.13. The van der Waals surface area contributed by atoms with Crippen molar-refractivity contribution in [3.05, 3.63) is 54.1 Å². The van der Waals surface area contributed by atoms with Crippen LogP contribution >= 0.6 is 0 Å². The van der Waals surface area contributed by atoms with Gasteiger partial charge in [-0.3, -0.25) is 0 Å². The number of urea groups is 1. The lowest BCUT2D eigenvalue weighted by Gasteiger charge is -2.13. The first-order valence-corrected chi connectivity index (χ1v) is 8.75. The maximum Gasteiger partial charge on any atom is 0.319 e. The highest BCUT2D eigenvalue weighted by Crippen LogP contribution is 2.19. The van der Waals surface area contributed by atoms with Crippen LogP contribution in [-0.4, -0.2) is 32.5 Å². The Morgan fingerprint density at radius 3 is 2.77 bits per heavy atom. The molecule has 2 aromatic rings. The van der Waals surface area contributed by atoms with Gasteiger partial charge in [0.25, 0.3) is 0 Å². The first-order valence-electron chi connectivity index (χ1n) is 8.75. The molecule has 2 aromatic carbocycles. The Morgan fingerprint density at radius 1 is 1.19 bits per heavy atom. The molecule has 6 heteroatoms. The number of hydrogen-bond donors (Lipinski definition) is 2. The van der Waals surface area contributed by atoms with E-state index in [2.05, 4.69) is 10.6 Å². The molecule has 0 spiro atoms. The highest BCUT2D eigenvalue weighted by Gasteiger charge is 2.16. The molecule has 1 aliphatic rings. The minimum absolute atomic E-state index is 0.166. The lowest BCUT2D eigenvalue weighted by atomic mass is 10.2. The monoisotopic (exact) mass is 356 g/mol. The van der Waals surface area contributed by atoms with E-state index >= 15 is 0 Å². The molecule has 1 saturated heterocycles. The summed E-state index contributed by atoms with van der Waals surface area (Å²) in [5.41, 5.74) is 1.68. The molecular formula is C20H24N2O4. The SMILES string of the molecule is COc1ccc(CNC(=O)Nc2cccc(OCC3CCCO3)c2)cc1. The van der Waals surface area contributed by atoms with E-state index in [1.165, 1.54) is 0 Å². The molecule has 0 aromatic heterocycles. The summed E-state index contributed by atoms with van der Waals surface area (Å²) in [6.07, 6.45) is 2.29. The minimum Gasteiger partial charge on any atom is -0.497 e. The molecule has 0 bridgehead atoms. The van der Waals surface area contributed by atoms with Crippen molar-refractivity contribution in [1.82, 2.24) is 5.32 Å². The van der Waals surface area contributed by atoms with Gasteiger partial charge in [0.2, 0.25) is 0 Å². The van der Waals surface area contributed by atoms with Gasteiger partial charge >= 0.3 is 6.03 Å². The van der Waals surface area contributed by atoms with E-state index in [0.29, 0.717) is 24.6 Å². The number of rotatable bonds is 7. The molecule has 1 aliphatic heterocycles. The van der Waals surface area contributed by atoms with Crippen molar-refractivity contribution in [1.29, 1.82) is 0 Å². The van der Waals surface area contributed by atoms with Crippen molar-refractivity contribution >= 4 is 11.7 Å². The second kappa shape index (κ2) is 9.10. The number of amides is 2. The maximum atomic E-state index is 12.1. The Bertz CT molecular complexity index is 712. The smallest absolute Gasteiger partial charge is 0.319 e. The Kier molecular flexibility index (Phi) is 6.33. The van der Waals surface area contributed by atoms with E-state index in [0.717, 1.165) is 30.8 Å². The molecular weight excluding hydrogens is 332 g/mol. The van der Waals surface area contributed by atoms with Crippen molar-refractivity contribution in [2.75, 3.05) is 25.6 Å². The topological polar surface area (TPSA) is 68.8 Å². The number of hydrogen-bond acceptors (Lipinski definition) is 4. The summed E-state index contributed by atoms with van der Waals surface area (Å²) in [6.45, 7) is 1.78. The van der Waals surface area contributed by atoms with Crippen LogP contribution in [0, 0.1) is 0 Å². The summed E-state index contributed by atoms with van der Waals surface area (Å²) in [7, 11) is 1.62. The summed E-state index contributed by atoms with van der Waals surface area (Å²) >= 11 is 0. The largest absolute Gasteiger partial charge is 0.497 e. The van der Waals surface area contributed by atoms with Crippen molar-refractivity contribution < 1.29 is 19.0 Å². The first kappa shape index (κ1) is 18.1. The molecule has 2 amide bonds. The fourth-order valence-corrected chi connectivity index (χ4v) is 2.73. The van der Waals surface area contributed by atoms with Crippen molar-refractivity contribution in [3.8, 4) is 11.5 Å². The molecule has 3 rings (SSSR count). The van der Waals surface area contributed by atoms with Gasteiger partial charge in [-0.05, 0) is 42.7 Å². The second-order valence-corrected chi connectivity index (χ2v) is 6.13. The number of benzene rings is 2. The highest BCUT2D eigenvalue weighted by molar-refractivity contribution is 5.89. The fourth-order valence-electron chi connectivity index (χ4n) is 2.73. The molecule has 1 unspecified atom stereocenters. The van der Waals surface area contributed by atoms with Gasteiger partial charge in [-0.25, -0.2) is 4.79 Å². The molecule has 6 nitrogen and oxygen atoms in total. The van der Waals surface area contributed by atoms with Crippen LogP contribution in [-0.2, 0) is 11.3 Å². The van der Waals surface area contributed by atoms with Gasteiger partial charge in [0, 0.05) is 24.9 Å². The molecule has 0 radical (unpaired) electrons. The number of anilines is 1. The predicted molar refractivity (Wildman–Crippen MR) is 99.8 cm³/mol. The molecule has 0 saturated carbocycles. The summed E-state index contributed by atoms with van der Waals surface area (Å²) in [6, 6.07) is 14.6. The van der Waals surface area contributed by atoms with Gasteiger partial charge in [0.05, 0.1) is 13.2 Å². The van der Waals surface area contributed by atoms with Crippen LogP contribution in [0.4, 0.5) is 10.5 Å². The molecule has 2 N–H and O–H groups in total. The minimum atomic E-state index is -0.267. The standard InChI is InChI=1S/C20H24N2O4/c1-24-17-9-7-15(8-10-17)13-21-20(23)22-16-4-2-5-18(12-16)26-14-19-6-3-11-25-19/h2,4-5,7-10,12,19H,3,6,11,13-14H2,1H3,(H2,21,22,23). The maximum absolute atomic E-state index is 12.1. The van der Waals surface area contributed by atoms with Gasteiger partial charge in [0.1, 0.15) is 18.1 Å². The zero-order chi connectivity index (χ0) is 18.2. The van der Waals surface area contributed by atoms with E-state index < -0.39 is 0 Å². The van der Waals surface area contributed by atoms with Crippen LogP contribution in [0.15, 0.2) is 48.5 Å². The number of ether oxygens (including phenoxy) is 3. The molecule has 0 aliphatic carbocycles. The number of methoxy groups -OCH3 is 1. The van der Waals surface area contributed by atoms with Crippen LogP contribution in [0.5, 0.6) is 11.5 Å². The third kappa shape index (κ3) is 5.39. The molecule has 1 fully saturated rings. The van der Waals surface area contributed by atoms with E-state index in [1.807, 2.05) is 48.5 Å². The Morgan fingerprint density at radius 2 is 2.04 bits per heavy atom. The van der Waals surface area contributed by atoms with Gasteiger partial charge in [-0.2, -0.15) is 0 Å². The van der Waals surface area contributed by atoms with Crippen LogP contribution in [0.1, 0.15) is 18.4 Å². The molecule has 1 atom stereocenters. The third-order valence-corrected chi connectivity index (χ3v) is 4.16. The number of nitrogens with one attached hydrogen (secondary N) is 2. The predicted octanol–water partition coefficient (Wildman–Crippen LogP) is 3.57. The van der Waals surface area contributed by atoms with Crippen LogP contribution < -0.4 is 20.1 Å². The summed E-state index contributed by atoms with van der Waals surface area (Å²) in [4.78, 5) is 12.1. The van der Waals surface area contributed by atoms with E-state index in [9.17, 15) is 4.79 Å². The van der Waals surface area contributed by atoms with Crippen LogP contribution in [0.2, 0.25) is 0 Å². The van der Waals surface area contributed by atoms with Gasteiger partial charge in [0.15, 0.2) is 0 Å². The van der Waals surface area contributed by atoms with Crippen molar-refractivity contribution in [2.45, 2.75) is 25.5 Å². The quantitative estimate of drug-likeness (QED) is 0.796. The van der Waals surface area contributed by atoms with Crippen LogP contribution in [0.25, 0.3) is 0 Å². The van der Waals surface area contributed by atoms with Crippen LogP contribution in [0.3, 0.4) is 0 Å². The Labute approximate surface area is 153 Å². The van der Waals surface area contributed by atoms with Crippen molar-refractivity contribution in [2.24, 2.45) is 0 Å². The van der Waals surface area contributed by atoms with Gasteiger partial charge in [-0.1, -0.05) is 18.2 Å². The van der Waals surface area contributed by atoms with Gasteiger partial charge < -0.3 is 24.8 Å². The highest BCUT2D eigenvalue weighted by atomic mass is 16.5. The van der Waals surface area contributed by atoms with E-state index in [-0.39, 0.29) is 12.1 Å². The van der Waals surface area contributed by atoms with E-state index in [4.69, 9.17) is 14.2 Å². The molecule has 1 heterocycles. The van der Waals surface area contributed by atoms with E-state index in [1.54, 1.807) is 7.11 Å². The summed E-state index contributed by atoms with van der Waals surface area (Å²) in [5.74, 6) is 1.51. The first-order chi connectivity index (χ1) is 12.7. The molecule has 138 valence electrons. The summed E-state index contributed by atoms with van der Waals surface area (Å²) < 4.78 is 16.4. The van der Waals surface area contributed by atoms with Crippen molar-refractivity contribution in [3.63, 3.8) is 0 Å². The summed E-state index contributed by atoms with van der Waals surface area (Å²) in [5, 5.41) is 5.65. The average molecular weight is 356 g/mol. The Balaban J connectivity index is 1.46. The average Bonchev–Trinajstić information content (AvgIpc) is 3.19. The lowest BCUT2D eigenvalue weighted by Crippen LogP contribution is -2.28. The number of carbonyl (C=O) groups is 1. The zero-order valence-electron chi connectivity index (χ0n) is 14.9. The molecule has 26 heavy (non-hydrogen) atoms. The fraction of sp³-hybridized carbons (Fsp3) is 0.350. The Hall–Kier alpha value is -2.73.